The number of ether oxygens (including phenoxy) is 1. The van der Waals surface area contributed by atoms with Crippen LogP contribution in [0, 0.1) is 6.92 Å². The van der Waals surface area contributed by atoms with E-state index in [0.29, 0.717) is 18.3 Å². The summed E-state index contributed by atoms with van der Waals surface area (Å²) in [6.07, 6.45) is 0. The highest BCUT2D eigenvalue weighted by Gasteiger charge is 2.18. The molecule has 9 nitrogen and oxygen atoms in total. The second kappa shape index (κ2) is 7.47. The summed E-state index contributed by atoms with van der Waals surface area (Å²) in [4.78, 5) is 30.5. The molecule has 0 aromatic carbocycles. The van der Waals surface area contributed by atoms with Gasteiger partial charge in [-0.1, -0.05) is 0 Å². The van der Waals surface area contributed by atoms with E-state index in [1.807, 2.05) is 24.0 Å². The van der Waals surface area contributed by atoms with Gasteiger partial charge in [-0.05, 0) is 13.0 Å². The molecular weight excluding hydrogens is 324 g/mol. The predicted octanol–water partition coefficient (Wildman–Crippen LogP) is -0.627. The van der Waals surface area contributed by atoms with E-state index in [1.165, 1.54) is 13.1 Å². The van der Waals surface area contributed by atoms with Crippen molar-refractivity contribution in [2.75, 3.05) is 44.2 Å². The van der Waals surface area contributed by atoms with Gasteiger partial charge in [-0.3, -0.25) is 19.2 Å². The molecule has 0 aliphatic carbocycles. The van der Waals surface area contributed by atoms with E-state index >= 15 is 0 Å². The minimum absolute atomic E-state index is 0.297. The number of hydrogen-bond donors (Lipinski definition) is 1. The standard InChI is InChI=1S/C16H22N6O3/c1-12-3-4-14(19-18-12)25-10-9-21-5-7-22(8-6-21)13-11-15(23)20(2)16(24)17-13/h3-4,11H,5-10H2,1-2H3,(H,17,24). The van der Waals surface area contributed by atoms with Gasteiger partial charge in [0.25, 0.3) is 5.56 Å². The minimum Gasteiger partial charge on any atom is -0.475 e. The lowest BCUT2D eigenvalue weighted by atomic mass is 10.3. The molecule has 0 saturated carbocycles. The molecule has 0 unspecified atom stereocenters. The summed E-state index contributed by atoms with van der Waals surface area (Å²) in [6.45, 7) is 6.37. The second-order valence-electron chi connectivity index (χ2n) is 6.05. The smallest absolute Gasteiger partial charge is 0.329 e. The van der Waals surface area contributed by atoms with E-state index in [9.17, 15) is 9.59 Å². The maximum atomic E-state index is 11.7. The van der Waals surface area contributed by atoms with Gasteiger partial charge >= 0.3 is 5.69 Å². The number of rotatable bonds is 5. The van der Waals surface area contributed by atoms with Crippen LogP contribution in [0.5, 0.6) is 5.88 Å². The van der Waals surface area contributed by atoms with Gasteiger partial charge in [0.05, 0.1) is 5.69 Å². The van der Waals surface area contributed by atoms with Gasteiger partial charge in [0.1, 0.15) is 12.4 Å². The minimum atomic E-state index is -0.391. The Morgan fingerprint density at radius 2 is 1.92 bits per heavy atom. The summed E-state index contributed by atoms with van der Waals surface area (Å²) in [5.41, 5.74) is 0.170. The summed E-state index contributed by atoms with van der Waals surface area (Å²) in [6, 6.07) is 5.15. The zero-order chi connectivity index (χ0) is 17.8. The molecule has 1 saturated heterocycles. The summed E-state index contributed by atoms with van der Waals surface area (Å²) < 4.78 is 6.66. The number of aromatic amines is 1. The van der Waals surface area contributed by atoms with Crippen molar-refractivity contribution in [3.8, 4) is 5.88 Å². The molecule has 25 heavy (non-hydrogen) atoms. The van der Waals surface area contributed by atoms with E-state index in [0.717, 1.165) is 43.0 Å². The largest absolute Gasteiger partial charge is 0.475 e. The molecule has 2 aromatic heterocycles. The predicted molar refractivity (Wildman–Crippen MR) is 93.2 cm³/mol. The monoisotopic (exact) mass is 346 g/mol. The quantitative estimate of drug-likeness (QED) is 0.770. The Kier molecular flexibility index (Phi) is 5.13. The summed E-state index contributed by atoms with van der Waals surface area (Å²) in [5, 5.41) is 7.93. The third kappa shape index (κ3) is 4.24. The first-order valence-electron chi connectivity index (χ1n) is 8.24. The Morgan fingerprint density at radius 1 is 1.16 bits per heavy atom. The van der Waals surface area contributed by atoms with Crippen molar-refractivity contribution in [3.05, 3.63) is 44.7 Å². The highest BCUT2D eigenvalue weighted by Crippen LogP contribution is 2.10. The van der Waals surface area contributed by atoms with Crippen LogP contribution in [0.4, 0.5) is 5.82 Å². The highest BCUT2D eigenvalue weighted by atomic mass is 16.5. The zero-order valence-electron chi connectivity index (χ0n) is 14.4. The van der Waals surface area contributed by atoms with Gasteiger partial charge in [-0.15, -0.1) is 5.10 Å². The van der Waals surface area contributed by atoms with Crippen LogP contribution in [-0.4, -0.2) is 64.0 Å². The van der Waals surface area contributed by atoms with Gasteiger partial charge < -0.3 is 9.64 Å². The molecule has 1 aliphatic rings. The van der Waals surface area contributed by atoms with Crippen LogP contribution in [0.25, 0.3) is 0 Å². The fourth-order valence-corrected chi connectivity index (χ4v) is 2.67. The number of nitrogens with one attached hydrogen (secondary N) is 1. The third-order valence-corrected chi connectivity index (χ3v) is 4.27. The Hall–Kier alpha value is -2.68. The van der Waals surface area contributed by atoms with Gasteiger partial charge in [0, 0.05) is 51.9 Å². The van der Waals surface area contributed by atoms with Crippen LogP contribution in [0.3, 0.4) is 0 Å². The van der Waals surface area contributed by atoms with E-state index in [4.69, 9.17) is 4.74 Å². The molecule has 0 spiro atoms. The molecule has 3 heterocycles. The van der Waals surface area contributed by atoms with Crippen molar-refractivity contribution in [1.29, 1.82) is 0 Å². The van der Waals surface area contributed by atoms with Crippen LogP contribution in [-0.2, 0) is 7.05 Å². The molecule has 0 atom stereocenters. The lowest BCUT2D eigenvalue weighted by Gasteiger charge is -2.35. The molecular formula is C16H22N6O3. The van der Waals surface area contributed by atoms with Gasteiger partial charge in [-0.2, -0.15) is 5.10 Å². The number of H-pyrrole nitrogens is 1. The molecule has 2 aromatic rings. The third-order valence-electron chi connectivity index (χ3n) is 4.27. The average molecular weight is 346 g/mol. The van der Waals surface area contributed by atoms with Crippen molar-refractivity contribution < 1.29 is 4.74 Å². The van der Waals surface area contributed by atoms with E-state index in [-0.39, 0.29) is 5.56 Å². The number of nitrogens with zero attached hydrogens (tertiary/aromatic N) is 5. The number of aromatic nitrogens is 4. The van der Waals surface area contributed by atoms with Crippen LogP contribution in [0.1, 0.15) is 5.69 Å². The summed E-state index contributed by atoms with van der Waals surface area (Å²) in [7, 11) is 1.46. The SMILES string of the molecule is Cc1ccc(OCCN2CCN(c3cc(=O)n(C)c(=O)[nH]3)CC2)nn1. The highest BCUT2D eigenvalue weighted by molar-refractivity contribution is 5.37. The molecule has 134 valence electrons. The first kappa shape index (κ1) is 17.2. The Morgan fingerprint density at radius 3 is 2.56 bits per heavy atom. The van der Waals surface area contributed by atoms with Crippen LogP contribution >= 0.6 is 0 Å². The Labute approximate surface area is 144 Å². The molecule has 9 heteroatoms. The molecule has 3 rings (SSSR count). The molecule has 1 aliphatic heterocycles. The number of anilines is 1. The first-order valence-corrected chi connectivity index (χ1v) is 8.24. The Balaban J connectivity index is 1.48. The van der Waals surface area contributed by atoms with Crippen LogP contribution in [0.2, 0.25) is 0 Å². The number of aryl methyl sites for hydroxylation is 1. The van der Waals surface area contributed by atoms with Crippen molar-refractivity contribution in [1.82, 2.24) is 24.6 Å². The Bertz CT molecular complexity index is 790. The van der Waals surface area contributed by atoms with Gasteiger partial charge in [0.15, 0.2) is 0 Å². The second-order valence-corrected chi connectivity index (χ2v) is 6.05. The lowest BCUT2D eigenvalue weighted by molar-refractivity contribution is 0.195. The maximum Gasteiger partial charge on any atom is 0.329 e. The van der Waals surface area contributed by atoms with Crippen LogP contribution in [0.15, 0.2) is 27.8 Å². The lowest BCUT2D eigenvalue weighted by Crippen LogP contribution is -2.48. The molecule has 1 N–H and O–H groups in total. The molecule has 0 bridgehead atoms. The average Bonchev–Trinajstić information content (AvgIpc) is 2.61. The number of piperazine rings is 1. The first-order chi connectivity index (χ1) is 12.0. The van der Waals surface area contributed by atoms with Crippen LogP contribution < -0.4 is 20.9 Å². The van der Waals surface area contributed by atoms with Crippen molar-refractivity contribution >= 4 is 5.82 Å². The van der Waals surface area contributed by atoms with Gasteiger partial charge in [-0.25, -0.2) is 4.79 Å². The van der Waals surface area contributed by atoms with E-state index < -0.39 is 5.69 Å². The van der Waals surface area contributed by atoms with Gasteiger partial charge in [0.2, 0.25) is 5.88 Å². The fraction of sp³-hybridized carbons (Fsp3) is 0.500. The van der Waals surface area contributed by atoms with Crippen molar-refractivity contribution in [3.63, 3.8) is 0 Å². The topological polar surface area (TPSA) is 96.3 Å². The van der Waals surface area contributed by atoms with E-state index in [2.05, 4.69) is 20.1 Å². The fourth-order valence-electron chi connectivity index (χ4n) is 2.67. The maximum absolute atomic E-state index is 11.7. The molecule has 0 radical (unpaired) electrons. The molecule has 1 fully saturated rings. The van der Waals surface area contributed by atoms with E-state index in [1.54, 1.807) is 0 Å². The van der Waals surface area contributed by atoms with Crippen molar-refractivity contribution in [2.24, 2.45) is 7.05 Å². The normalized spacial score (nSPS) is 15.4. The summed E-state index contributed by atoms with van der Waals surface area (Å²) >= 11 is 0. The molecule has 0 amide bonds. The summed E-state index contributed by atoms with van der Waals surface area (Å²) in [5.74, 6) is 1.11. The number of hydrogen-bond acceptors (Lipinski definition) is 7. The van der Waals surface area contributed by atoms with Crippen molar-refractivity contribution in [2.45, 2.75) is 6.92 Å². The zero-order valence-corrected chi connectivity index (χ0v) is 14.4.